The Balaban J connectivity index is 1.66. The number of hydrogen-bond donors (Lipinski definition) is 6. The molecule has 1 atom stereocenters. The van der Waals surface area contributed by atoms with Gasteiger partial charge >= 0.3 is 0 Å². The van der Waals surface area contributed by atoms with Crippen molar-refractivity contribution in [2.24, 2.45) is 5.41 Å². The molecule has 3 heterocycles. The fourth-order valence-electron chi connectivity index (χ4n) is 3.46. The van der Waals surface area contributed by atoms with E-state index in [1.54, 1.807) is 6.20 Å². The maximum absolute atomic E-state index is 10.0. The van der Waals surface area contributed by atoms with E-state index in [4.69, 9.17) is 0 Å². The molecule has 9 nitrogen and oxygen atoms in total. The molecule has 3 aromatic rings. The summed E-state index contributed by atoms with van der Waals surface area (Å²) in [4.78, 5) is 16.6. The molecule has 1 saturated heterocycles. The second-order valence-electron chi connectivity index (χ2n) is 9.04. The number of aromatic nitrogens is 4. The van der Waals surface area contributed by atoms with Crippen molar-refractivity contribution >= 4 is 34.3 Å². The van der Waals surface area contributed by atoms with Crippen LogP contribution in [-0.4, -0.2) is 50.7 Å². The van der Waals surface area contributed by atoms with Crippen LogP contribution in [0.3, 0.4) is 0 Å². The van der Waals surface area contributed by atoms with Crippen molar-refractivity contribution in [3.05, 3.63) is 23.9 Å². The zero-order valence-electron chi connectivity index (χ0n) is 17.9. The Kier molecular flexibility index (Phi) is 5.38. The molecule has 9 heteroatoms. The van der Waals surface area contributed by atoms with Gasteiger partial charge in [-0.3, -0.25) is 0 Å². The van der Waals surface area contributed by atoms with Gasteiger partial charge in [0.2, 0.25) is 17.8 Å². The van der Waals surface area contributed by atoms with Crippen LogP contribution < -0.4 is 21.3 Å². The van der Waals surface area contributed by atoms with Crippen LogP contribution >= 0.6 is 0 Å². The lowest BCUT2D eigenvalue weighted by atomic mass is 9.97. The highest BCUT2D eigenvalue weighted by atomic mass is 16.3. The first-order valence-electron chi connectivity index (χ1n) is 10.3. The number of anilines is 4. The van der Waals surface area contributed by atoms with Crippen LogP contribution in [0.25, 0.3) is 10.8 Å². The summed E-state index contributed by atoms with van der Waals surface area (Å²) in [6.45, 7) is 11.1. The first kappa shape index (κ1) is 20.2. The van der Waals surface area contributed by atoms with Gasteiger partial charge in [0.25, 0.3) is 0 Å². The fourth-order valence-corrected chi connectivity index (χ4v) is 3.46. The minimum absolute atomic E-state index is 0.0913. The average molecular weight is 411 g/mol. The lowest BCUT2D eigenvalue weighted by molar-refractivity contribution is 0.441. The first-order valence-corrected chi connectivity index (χ1v) is 10.3. The van der Waals surface area contributed by atoms with E-state index < -0.39 is 0 Å². The molecular formula is C21H30N8O. The Labute approximate surface area is 176 Å². The van der Waals surface area contributed by atoms with Crippen LogP contribution in [-0.2, 0) is 0 Å². The van der Waals surface area contributed by atoms with Gasteiger partial charge < -0.3 is 31.4 Å². The van der Waals surface area contributed by atoms with Crippen molar-refractivity contribution in [3.63, 3.8) is 0 Å². The molecule has 2 aromatic heterocycles. The van der Waals surface area contributed by atoms with Crippen molar-refractivity contribution in [1.29, 1.82) is 0 Å². The summed E-state index contributed by atoms with van der Waals surface area (Å²) in [6.07, 6.45) is 2.81. The van der Waals surface area contributed by atoms with E-state index >= 15 is 0 Å². The lowest BCUT2D eigenvalue weighted by Crippen LogP contribution is -2.25. The van der Waals surface area contributed by atoms with E-state index in [0.717, 1.165) is 48.1 Å². The molecule has 0 spiro atoms. The molecule has 1 aliphatic rings. The van der Waals surface area contributed by atoms with Gasteiger partial charge in [-0.15, -0.1) is 0 Å². The van der Waals surface area contributed by atoms with Crippen LogP contribution in [0.4, 0.5) is 23.5 Å². The van der Waals surface area contributed by atoms with Gasteiger partial charge in [-0.1, -0.05) is 26.8 Å². The summed E-state index contributed by atoms with van der Waals surface area (Å²) < 4.78 is 0. The zero-order valence-corrected chi connectivity index (χ0v) is 17.9. The number of rotatable bonds is 6. The van der Waals surface area contributed by atoms with E-state index in [2.05, 4.69) is 62.0 Å². The number of aromatic hydroxyl groups is 1. The number of fused-ring (bicyclic) bond motifs is 1. The van der Waals surface area contributed by atoms with Gasteiger partial charge in [-0.05, 0) is 36.9 Å². The maximum Gasteiger partial charge on any atom is 0.233 e. The second kappa shape index (κ2) is 7.98. The van der Waals surface area contributed by atoms with Gasteiger partial charge in [0.1, 0.15) is 0 Å². The van der Waals surface area contributed by atoms with Crippen molar-refractivity contribution in [1.82, 2.24) is 25.3 Å². The van der Waals surface area contributed by atoms with Gasteiger partial charge in [-0.2, -0.15) is 15.0 Å². The van der Waals surface area contributed by atoms with Crippen LogP contribution in [0.5, 0.6) is 5.88 Å². The van der Waals surface area contributed by atoms with Crippen LogP contribution in [0.1, 0.15) is 32.8 Å². The van der Waals surface area contributed by atoms with E-state index in [1.807, 2.05) is 19.1 Å². The number of aromatic amines is 1. The number of benzene rings is 1. The maximum atomic E-state index is 10.0. The smallest absolute Gasteiger partial charge is 0.233 e. The first-order chi connectivity index (χ1) is 14.3. The zero-order chi connectivity index (χ0) is 21.3. The SMILES string of the molecule is Cc1ccc2c(O)[nH]cc2c1Nc1nc(NCC(C)(C)C)nc(N[C@@H]2CCNC2)n1. The van der Waals surface area contributed by atoms with E-state index in [-0.39, 0.29) is 11.3 Å². The van der Waals surface area contributed by atoms with Crippen molar-refractivity contribution in [2.45, 2.75) is 40.2 Å². The molecule has 6 N–H and O–H groups in total. The summed E-state index contributed by atoms with van der Waals surface area (Å²) in [5.41, 5.74) is 1.97. The molecule has 4 rings (SSSR count). The molecule has 1 aliphatic heterocycles. The minimum Gasteiger partial charge on any atom is -0.494 e. The average Bonchev–Trinajstić information content (AvgIpc) is 3.32. The third-order valence-electron chi connectivity index (χ3n) is 5.10. The number of nitrogens with zero attached hydrogens (tertiary/aromatic N) is 3. The van der Waals surface area contributed by atoms with E-state index in [0.29, 0.717) is 23.9 Å². The molecule has 1 aromatic carbocycles. The summed E-state index contributed by atoms with van der Waals surface area (Å²) in [5, 5.41) is 25.1. The van der Waals surface area contributed by atoms with E-state index in [9.17, 15) is 5.11 Å². The molecule has 1 fully saturated rings. The Morgan fingerprint density at radius 2 is 1.87 bits per heavy atom. The number of aryl methyl sites for hydroxylation is 1. The molecule has 0 bridgehead atoms. The highest BCUT2D eigenvalue weighted by Gasteiger charge is 2.18. The van der Waals surface area contributed by atoms with Crippen molar-refractivity contribution in [3.8, 4) is 5.88 Å². The molecular weight excluding hydrogens is 380 g/mol. The molecule has 0 amide bonds. The number of H-pyrrole nitrogens is 1. The molecule has 30 heavy (non-hydrogen) atoms. The standard InChI is InChI=1S/C21H30N8O/c1-12-5-6-14-15(10-23-17(14)30)16(12)26-20-28-18(24-11-21(2,3)4)27-19(29-20)25-13-7-8-22-9-13/h5-6,10,13,22-23,30H,7-9,11H2,1-4H3,(H3,24,25,26,27,28,29)/t13-/m1/s1. The molecule has 0 aliphatic carbocycles. The highest BCUT2D eigenvalue weighted by Crippen LogP contribution is 2.33. The van der Waals surface area contributed by atoms with Gasteiger partial charge in [0, 0.05) is 36.1 Å². The summed E-state index contributed by atoms with van der Waals surface area (Å²) >= 11 is 0. The van der Waals surface area contributed by atoms with Gasteiger partial charge in [-0.25, -0.2) is 0 Å². The monoisotopic (exact) mass is 410 g/mol. The summed E-state index contributed by atoms with van der Waals surface area (Å²) in [5.74, 6) is 1.66. The van der Waals surface area contributed by atoms with Crippen molar-refractivity contribution in [2.75, 3.05) is 35.6 Å². The van der Waals surface area contributed by atoms with E-state index in [1.165, 1.54) is 0 Å². The minimum atomic E-state index is 0.0913. The molecule has 0 unspecified atom stereocenters. The Morgan fingerprint density at radius 3 is 2.60 bits per heavy atom. The number of hydrogen-bond acceptors (Lipinski definition) is 8. The Bertz CT molecular complexity index is 1030. The Hall–Kier alpha value is -3.07. The molecule has 160 valence electrons. The lowest BCUT2D eigenvalue weighted by Gasteiger charge is -2.20. The predicted octanol–water partition coefficient (Wildman–Crippen LogP) is 3.34. The van der Waals surface area contributed by atoms with Gasteiger partial charge in [0.05, 0.1) is 5.69 Å². The second-order valence-corrected chi connectivity index (χ2v) is 9.04. The normalized spacial score (nSPS) is 16.7. The third-order valence-corrected chi connectivity index (χ3v) is 5.10. The molecule has 0 radical (unpaired) electrons. The molecule has 0 saturated carbocycles. The quantitative estimate of drug-likeness (QED) is 0.366. The topological polar surface area (TPSA) is 123 Å². The Morgan fingerprint density at radius 1 is 1.10 bits per heavy atom. The largest absolute Gasteiger partial charge is 0.494 e. The van der Waals surface area contributed by atoms with Crippen LogP contribution in [0, 0.1) is 12.3 Å². The summed E-state index contributed by atoms with van der Waals surface area (Å²) in [6, 6.07) is 4.15. The third kappa shape index (κ3) is 4.56. The fraction of sp³-hybridized carbons (Fsp3) is 0.476. The number of nitrogens with one attached hydrogen (secondary N) is 5. The predicted molar refractivity (Wildman–Crippen MR) is 121 cm³/mol. The van der Waals surface area contributed by atoms with Gasteiger partial charge in [0.15, 0.2) is 5.88 Å². The van der Waals surface area contributed by atoms with Crippen LogP contribution in [0.15, 0.2) is 18.3 Å². The van der Waals surface area contributed by atoms with Crippen LogP contribution in [0.2, 0.25) is 0 Å². The van der Waals surface area contributed by atoms with Crippen molar-refractivity contribution < 1.29 is 5.11 Å². The highest BCUT2D eigenvalue weighted by molar-refractivity contribution is 5.99. The summed E-state index contributed by atoms with van der Waals surface area (Å²) in [7, 11) is 0.